The van der Waals surface area contributed by atoms with E-state index in [1.54, 1.807) is 31.3 Å². The van der Waals surface area contributed by atoms with Crippen LogP contribution in [-0.2, 0) is 14.3 Å². The summed E-state index contributed by atoms with van der Waals surface area (Å²) in [6, 6.07) is 5.10. The van der Waals surface area contributed by atoms with Gasteiger partial charge in [-0.3, -0.25) is 4.98 Å². The minimum atomic E-state index is -3.94. The molecular weight excluding hydrogens is 513 g/mol. The van der Waals surface area contributed by atoms with E-state index < -0.39 is 23.4 Å². The Labute approximate surface area is 219 Å². The maximum absolute atomic E-state index is 13.5. The molecule has 0 aliphatic rings. The van der Waals surface area contributed by atoms with Crippen molar-refractivity contribution in [2.45, 2.75) is 82.5 Å². The standard InChI is InChI=1S/C24H38N6O3S2Si/c1-15(2)13-17(14-33-36(7,8)24(4,5)6)27-20-19-21(28-22(25)34-19)30-23(29-20)35(31,32)16(3)18-11-9-10-12-26-18/h9-12,15-17H,13-14H2,1-8H3,(H3,25,27,28,29,30)/t16?,17-/m1/s1. The zero-order valence-corrected chi connectivity index (χ0v) is 25.0. The van der Waals surface area contributed by atoms with E-state index in [0.717, 1.165) is 6.42 Å². The van der Waals surface area contributed by atoms with Gasteiger partial charge in [-0.2, -0.15) is 9.97 Å². The van der Waals surface area contributed by atoms with Gasteiger partial charge in [0.05, 0.1) is 12.3 Å². The molecule has 2 atom stereocenters. The van der Waals surface area contributed by atoms with Crippen molar-refractivity contribution in [3.8, 4) is 0 Å². The molecule has 0 aliphatic carbocycles. The number of hydrogen-bond donors (Lipinski definition) is 2. The summed E-state index contributed by atoms with van der Waals surface area (Å²) in [5.74, 6) is 0.798. The second-order valence-corrected chi connectivity index (χ2v) is 19.0. The highest BCUT2D eigenvalue weighted by Crippen LogP contribution is 2.37. The first kappa shape index (κ1) is 28.4. The molecule has 0 aliphatic heterocycles. The lowest BCUT2D eigenvalue weighted by Crippen LogP contribution is -2.44. The third-order valence-electron chi connectivity index (χ3n) is 6.62. The Morgan fingerprint density at radius 3 is 2.42 bits per heavy atom. The highest BCUT2D eigenvalue weighted by molar-refractivity contribution is 7.91. The number of fused-ring (bicyclic) bond motifs is 1. The van der Waals surface area contributed by atoms with Gasteiger partial charge in [0, 0.05) is 12.2 Å². The first-order valence-electron chi connectivity index (χ1n) is 12.1. The van der Waals surface area contributed by atoms with Gasteiger partial charge >= 0.3 is 0 Å². The van der Waals surface area contributed by atoms with Crippen LogP contribution in [0.25, 0.3) is 10.3 Å². The van der Waals surface area contributed by atoms with Crippen LogP contribution in [0.5, 0.6) is 0 Å². The van der Waals surface area contributed by atoms with E-state index >= 15 is 0 Å². The largest absolute Gasteiger partial charge is 0.415 e. The first-order chi connectivity index (χ1) is 16.6. The van der Waals surface area contributed by atoms with Gasteiger partial charge in [0.25, 0.3) is 5.16 Å². The van der Waals surface area contributed by atoms with Crippen molar-refractivity contribution >= 4 is 50.8 Å². The van der Waals surface area contributed by atoms with Crippen LogP contribution >= 0.6 is 11.3 Å². The number of nitrogens with zero attached hydrogens (tertiary/aromatic N) is 4. The molecule has 9 nitrogen and oxygen atoms in total. The number of sulfone groups is 1. The maximum atomic E-state index is 13.5. The van der Waals surface area contributed by atoms with Gasteiger partial charge in [0.1, 0.15) is 9.95 Å². The van der Waals surface area contributed by atoms with Crippen molar-refractivity contribution in [3.63, 3.8) is 0 Å². The fourth-order valence-corrected chi connectivity index (χ4v) is 6.42. The molecule has 3 aromatic heterocycles. The molecule has 3 heterocycles. The molecule has 0 bridgehead atoms. The van der Waals surface area contributed by atoms with Gasteiger partial charge < -0.3 is 15.5 Å². The Morgan fingerprint density at radius 2 is 1.83 bits per heavy atom. The zero-order valence-electron chi connectivity index (χ0n) is 22.4. The number of aromatic nitrogens is 4. The molecule has 36 heavy (non-hydrogen) atoms. The summed E-state index contributed by atoms with van der Waals surface area (Å²) in [4.78, 5) is 17.3. The highest BCUT2D eigenvalue weighted by atomic mass is 32.2. The van der Waals surface area contributed by atoms with Gasteiger partial charge in [0.15, 0.2) is 24.9 Å². The van der Waals surface area contributed by atoms with E-state index in [9.17, 15) is 8.42 Å². The summed E-state index contributed by atoms with van der Waals surface area (Å²) in [5, 5.41) is 2.62. The minimum Gasteiger partial charge on any atom is -0.415 e. The third-order valence-corrected chi connectivity index (χ3v) is 13.9. The quantitative estimate of drug-likeness (QED) is 0.250. The lowest BCUT2D eigenvalue weighted by molar-refractivity contribution is 0.257. The molecule has 12 heteroatoms. The summed E-state index contributed by atoms with van der Waals surface area (Å²) in [7, 11) is -5.92. The Kier molecular flexibility index (Phi) is 8.43. The van der Waals surface area contributed by atoms with Gasteiger partial charge in [-0.15, -0.1) is 0 Å². The lowest BCUT2D eigenvalue weighted by atomic mass is 10.0. The first-order valence-corrected chi connectivity index (χ1v) is 17.4. The number of anilines is 2. The van der Waals surface area contributed by atoms with Crippen molar-refractivity contribution in [2.75, 3.05) is 17.7 Å². The average Bonchev–Trinajstić information content (AvgIpc) is 3.17. The fraction of sp³-hybridized carbons (Fsp3) is 0.583. The molecule has 0 radical (unpaired) electrons. The van der Waals surface area contributed by atoms with Crippen LogP contribution in [0, 0.1) is 5.92 Å². The number of thiazole rings is 1. The summed E-state index contributed by atoms with van der Waals surface area (Å²) in [6.45, 7) is 17.4. The van der Waals surface area contributed by atoms with Gasteiger partial charge in [-0.1, -0.05) is 52.0 Å². The molecule has 0 aromatic carbocycles. The van der Waals surface area contributed by atoms with Crippen molar-refractivity contribution in [3.05, 3.63) is 30.1 Å². The van der Waals surface area contributed by atoms with E-state index in [1.807, 2.05) is 0 Å². The van der Waals surface area contributed by atoms with Crippen LogP contribution < -0.4 is 11.1 Å². The lowest BCUT2D eigenvalue weighted by Gasteiger charge is -2.37. The Morgan fingerprint density at radius 1 is 1.14 bits per heavy atom. The number of nitrogens with one attached hydrogen (secondary N) is 1. The topological polar surface area (TPSA) is 133 Å². The van der Waals surface area contributed by atoms with E-state index in [-0.39, 0.29) is 21.9 Å². The van der Waals surface area contributed by atoms with Crippen molar-refractivity contribution in [1.82, 2.24) is 19.9 Å². The monoisotopic (exact) mass is 550 g/mol. The predicted molar refractivity (Wildman–Crippen MR) is 149 cm³/mol. The van der Waals surface area contributed by atoms with E-state index in [4.69, 9.17) is 10.2 Å². The SMILES string of the molecule is CC(C)C[C@H](CO[Si](C)(C)C(C)(C)C)Nc1nc(S(=O)(=O)C(C)c2ccccn2)nc2nc(N)sc12. The molecule has 3 rings (SSSR count). The van der Waals surface area contributed by atoms with E-state index in [1.165, 1.54) is 11.3 Å². The van der Waals surface area contributed by atoms with Crippen molar-refractivity contribution in [1.29, 1.82) is 0 Å². The van der Waals surface area contributed by atoms with Crippen LogP contribution in [-0.4, -0.2) is 49.3 Å². The molecule has 3 N–H and O–H groups in total. The van der Waals surface area contributed by atoms with Gasteiger partial charge in [-0.05, 0) is 49.5 Å². The molecule has 198 valence electrons. The Hall–Kier alpha value is -2.15. The van der Waals surface area contributed by atoms with Crippen LogP contribution in [0.15, 0.2) is 29.6 Å². The Balaban J connectivity index is 2.00. The van der Waals surface area contributed by atoms with Gasteiger partial charge in [0.2, 0.25) is 9.84 Å². The van der Waals surface area contributed by atoms with Crippen LogP contribution in [0.3, 0.4) is 0 Å². The minimum absolute atomic E-state index is 0.0759. The second-order valence-electron chi connectivity index (χ2n) is 11.0. The molecule has 0 spiro atoms. The molecule has 3 aromatic rings. The average molecular weight is 551 g/mol. The predicted octanol–water partition coefficient (Wildman–Crippen LogP) is 5.45. The second kappa shape index (κ2) is 10.7. The number of hydrogen-bond acceptors (Lipinski definition) is 10. The molecule has 1 unspecified atom stereocenters. The number of rotatable bonds is 10. The number of pyridine rings is 1. The van der Waals surface area contributed by atoms with E-state index in [2.05, 4.69) is 73.0 Å². The van der Waals surface area contributed by atoms with Crippen LogP contribution in [0.1, 0.15) is 58.9 Å². The summed E-state index contributed by atoms with van der Waals surface area (Å²) < 4.78 is 34.1. The Bertz CT molecular complexity index is 1290. The van der Waals surface area contributed by atoms with Crippen LogP contribution in [0.2, 0.25) is 18.1 Å². The van der Waals surface area contributed by atoms with Crippen LogP contribution in [0.4, 0.5) is 10.9 Å². The number of nitrogens with two attached hydrogens (primary N) is 1. The smallest absolute Gasteiger partial charge is 0.251 e. The third kappa shape index (κ3) is 6.39. The summed E-state index contributed by atoms with van der Waals surface area (Å²) >= 11 is 1.23. The molecule has 0 saturated carbocycles. The summed E-state index contributed by atoms with van der Waals surface area (Å²) in [5.41, 5.74) is 6.66. The van der Waals surface area contributed by atoms with Crippen molar-refractivity contribution < 1.29 is 12.8 Å². The van der Waals surface area contributed by atoms with Gasteiger partial charge in [-0.25, -0.2) is 13.4 Å². The molecule has 0 fully saturated rings. The maximum Gasteiger partial charge on any atom is 0.251 e. The zero-order chi connectivity index (χ0) is 26.9. The highest BCUT2D eigenvalue weighted by Gasteiger charge is 2.38. The van der Waals surface area contributed by atoms with E-state index in [0.29, 0.717) is 33.9 Å². The molecule has 0 saturated heterocycles. The van der Waals surface area contributed by atoms with Crippen molar-refractivity contribution in [2.24, 2.45) is 5.92 Å². The summed E-state index contributed by atoms with van der Waals surface area (Å²) in [6.07, 6.45) is 2.39. The molecule has 0 amide bonds. The normalized spacial score (nSPS) is 14.8. The number of nitrogen functional groups attached to an aromatic ring is 1. The fourth-order valence-electron chi connectivity index (χ4n) is 3.44. The molecular formula is C24H38N6O3S2Si.